The molecule has 0 aliphatic rings. The van der Waals surface area contributed by atoms with E-state index in [0.29, 0.717) is 25.7 Å². The number of rotatable bonds is 8. The third-order valence-electron chi connectivity index (χ3n) is 3.02. The maximum Gasteiger partial charge on any atom is 0.234 e. The summed E-state index contributed by atoms with van der Waals surface area (Å²) < 4.78 is 5.09. The molecule has 1 rings (SSSR count). The first-order valence-corrected chi connectivity index (χ1v) is 6.72. The van der Waals surface area contributed by atoms with Crippen molar-refractivity contribution in [2.24, 2.45) is 0 Å². The number of benzene rings is 1. The Morgan fingerprint density at radius 1 is 1.37 bits per heavy atom. The summed E-state index contributed by atoms with van der Waals surface area (Å²) >= 11 is 0. The van der Waals surface area contributed by atoms with Crippen molar-refractivity contribution in [2.75, 3.05) is 13.7 Å². The Morgan fingerprint density at radius 2 is 2.11 bits per heavy atom. The molecule has 1 amide bonds. The van der Waals surface area contributed by atoms with Gasteiger partial charge in [0.05, 0.1) is 13.2 Å². The van der Waals surface area contributed by atoms with Crippen molar-refractivity contribution in [3.8, 4) is 0 Å². The minimum absolute atomic E-state index is 0.0254. The highest BCUT2D eigenvalue weighted by Gasteiger charge is 2.04. The fourth-order valence-electron chi connectivity index (χ4n) is 1.67. The number of nitrogens with one attached hydrogen (secondary N) is 2. The van der Waals surface area contributed by atoms with Crippen LogP contribution in [-0.2, 0) is 22.7 Å². The maximum atomic E-state index is 11.6. The molecule has 0 saturated carbocycles. The lowest BCUT2D eigenvalue weighted by Crippen LogP contribution is -2.37. The topological polar surface area (TPSA) is 50.4 Å². The number of amides is 1. The molecule has 1 aromatic carbocycles. The molecular formula is C15H24N2O2. The molecule has 0 saturated heterocycles. The summed E-state index contributed by atoms with van der Waals surface area (Å²) in [6.45, 7) is 5.68. The number of methoxy groups -OCH3 is 1. The summed E-state index contributed by atoms with van der Waals surface area (Å²) in [5.41, 5.74) is 2.21. The molecule has 19 heavy (non-hydrogen) atoms. The summed E-state index contributed by atoms with van der Waals surface area (Å²) in [4.78, 5) is 11.6. The lowest BCUT2D eigenvalue weighted by molar-refractivity contribution is -0.120. The van der Waals surface area contributed by atoms with Crippen molar-refractivity contribution >= 4 is 5.91 Å². The smallest absolute Gasteiger partial charge is 0.234 e. The van der Waals surface area contributed by atoms with Gasteiger partial charge in [-0.3, -0.25) is 4.79 Å². The summed E-state index contributed by atoms with van der Waals surface area (Å²) in [6.07, 6.45) is 1.02. The molecule has 0 fully saturated rings. The van der Waals surface area contributed by atoms with Gasteiger partial charge < -0.3 is 15.4 Å². The van der Waals surface area contributed by atoms with E-state index in [4.69, 9.17) is 4.74 Å². The Bertz CT molecular complexity index is 393. The van der Waals surface area contributed by atoms with Gasteiger partial charge in [0, 0.05) is 19.7 Å². The van der Waals surface area contributed by atoms with Gasteiger partial charge in [-0.1, -0.05) is 31.2 Å². The van der Waals surface area contributed by atoms with E-state index in [1.807, 2.05) is 24.3 Å². The molecule has 106 valence electrons. The van der Waals surface area contributed by atoms with Crippen LogP contribution in [0.2, 0.25) is 0 Å². The van der Waals surface area contributed by atoms with Crippen molar-refractivity contribution in [3.63, 3.8) is 0 Å². The molecule has 1 unspecified atom stereocenters. The van der Waals surface area contributed by atoms with E-state index in [1.165, 1.54) is 0 Å². The molecule has 0 heterocycles. The van der Waals surface area contributed by atoms with E-state index >= 15 is 0 Å². The predicted octanol–water partition coefficient (Wildman–Crippen LogP) is 1.84. The summed E-state index contributed by atoms with van der Waals surface area (Å²) in [7, 11) is 1.68. The zero-order valence-electron chi connectivity index (χ0n) is 12.0. The van der Waals surface area contributed by atoms with Crippen LogP contribution in [0, 0.1) is 0 Å². The number of carbonyl (C=O) groups excluding carboxylic acids is 1. The standard InChI is InChI=1S/C15H24N2O2/c1-4-12(2)16-10-15(18)17-9-13-6-5-7-14(8-13)11-19-3/h5-8,12,16H,4,9-11H2,1-3H3,(H,17,18). The lowest BCUT2D eigenvalue weighted by Gasteiger charge is -2.11. The Labute approximate surface area is 115 Å². The number of hydrogen-bond acceptors (Lipinski definition) is 3. The first kappa shape index (κ1) is 15.7. The van der Waals surface area contributed by atoms with E-state index < -0.39 is 0 Å². The van der Waals surface area contributed by atoms with Gasteiger partial charge >= 0.3 is 0 Å². The van der Waals surface area contributed by atoms with Crippen LogP contribution in [0.3, 0.4) is 0 Å². The SMILES string of the molecule is CCC(C)NCC(=O)NCc1cccc(COC)c1. The van der Waals surface area contributed by atoms with Gasteiger partial charge in [0.25, 0.3) is 0 Å². The highest BCUT2D eigenvalue weighted by Crippen LogP contribution is 2.06. The van der Waals surface area contributed by atoms with Gasteiger partial charge in [0.1, 0.15) is 0 Å². The van der Waals surface area contributed by atoms with E-state index in [0.717, 1.165) is 17.5 Å². The number of ether oxygens (including phenoxy) is 1. The second-order valence-electron chi connectivity index (χ2n) is 4.72. The van der Waals surface area contributed by atoms with E-state index in [9.17, 15) is 4.79 Å². The van der Waals surface area contributed by atoms with Gasteiger partial charge in [-0.25, -0.2) is 0 Å². The third kappa shape index (κ3) is 6.36. The minimum atomic E-state index is 0.0254. The minimum Gasteiger partial charge on any atom is -0.380 e. The zero-order chi connectivity index (χ0) is 14.1. The van der Waals surface area contributed by atoms with Crippen LogP contribution in [0.4, 0.5) is 0 Å². The van der Waals surface area contributed by atoms with Crippen LogP contribution in [0.25, 0.3) is 0 Å². The third-order valence-corrected chi connectivity index (χ3v) is 3.02. The van der Waals surface area contributed by atoms with Gasteiger partial charge in [-0.15, -0.1) is 0 Å². The summed E-state index contributed by atoms with van der Waals surface area (Å²) in [6, 6.07) is 8.41. The Hall–Kier alpha value is -1.39. The van der Waals surface area contributed by atoms with E-state index in [1.54, 1.807) is 7.11 Å². The van der Waals surface area contributed by atoms with E-state index in [2.05, 4.69) is 24.5 Å². The van der Waals surface area contributed by atoms with Crippen LogP contribution >= 0.6 is 0 Å². The zero-order valence-corrected chi connectivity index (χ0v) is 12.0. The fourth-order valence-corrected chi connectivity index (χ4v) is 1.67. The monoisotopic (exact) mass is 264 g/mol. The van der Waals surface area contributed by atoms with Gasteiger partial charge in [-0.2, -0.15) is 0 Å². The molecule has 4 heteroatoms. The van der Waals surface area contributed by atoms with Crippen LogP contribution in [0.15, 0.2) is 24.3 Å². The Balaban J connectivity index is 2.35. The molecule has 2 N–H and O–H groups in total. The molecule has 0 radical (unpaired) electrons. The van der Waals surface area contributed by atoms with Crippen molar-refractivity contribution in [3.05, 3.63) is 35.4 Å². The van der Waals surface area contributed by atoms with Crippen molar-refractivity contribution in [1.82, 2.24) is 10.6 Å². The predicted molar refractivity (Wildman–Crippen MR) is 76.8 cm³/mol. The molecule has 0 bridgehead atoms. The molecule has 0 aliphatic heterocycles. The average molecular weight is 264 g/mol. The summed E-state index contributed by atoms with van der Waals surface area (Å²) in [5.74, 6) is 0.0254. The van der Waals surface area contributed by atoms with Crippen molar-refractivity contribution in [1.29, 1.82) is 0 Å². The van der Waals surface area contributed by atoms with Crippen LogP contribution in [0.5, 0.6) is 0 Å². The quantitative estimate of drug-likeness (QED) is 0.753. The molecule has 0 aliphatic carbocycles. The second kappa shape index (κ2) is 8.67. The van der Waals surface area contributed by atoms with Gasteiger partial charge in [-0.05, 0) is 24.5 Å². The van der Waals surface area contributed by atoms with Crippen molar-refractivity contribution < 1.29 is 9.53 Å². The number of hydrogen-bond donors (Lipinski definition) is 2. The largest absolute Gasteiger partial charge is 0.380 e. The molecule has 0 spiro atoms. The average Bonchev–Trinajstić information content (AvgIpc) is 2.43. The van der Waals surface area contributed by atoms with Crippen LogP contribution < -0.4 is 10.6 Å². The highest BCUT2D eigenvalue weighted by atomic mass is 16.5. The van der Waals surface area contributed by atoms with Crippen LogP contribution in [-0.4, -0.2) is 25.6 Å². The molecular weight excluding hydrogens is 240 g/mol. The van der Waals surface area contributed by atoms with Gasteiger partial charge in [0.15, 0.2) is 0 Å². The number of carbonyl (C=O) groups is 1. The molecule has 4 nitrogen and oxygen atoms in total. The summed E-state index contributed by atoms with van der Waals surface area (Å²) in [5, 5.41) is 6.07. The van der Waals surface area contributed by atoms with Gasteiger partial charge in [0.2, 0.25) is 5.91 Å². The Kier molecular flexibility index (Phi) is 7.15. The molecule has 0 aromatic heterocycles. The van der Waals surface area contributed by atoms with E-state index in [-0.39, 0.29) is 5.91 Å². The maximum absolute atomic E-state index is 11.6. The van der Waals surface area contributed by atoms with Crippen molar-refractivity contribution in [2.45, 2.75) is 39.5 Å². The lowest BCUT2D eigenvalue weighted by atomic mass is 10.1. The normalized spacial score (nSPS) is 12.2. The fraction of sp³-hybridized carbons (Fsp3) is 0.533. The second-order valence-corrected chi connectivity index (χ2v) is 4.72. The Morgan fingerprint density at radius 3 is 2.79 bits per heavy atom. The van der Waals surface area contributed by atoms with Crippen LogP contribution in [0.1, 0.15) is 31.4 Å². The molecule has 1 aromatic rings. The highest BCUT2D eigenvalue weighted by molar-refractivity contribution is 5.78. The molecule has 1 atom stereocenters. The first-order chi connectivity index (χ1) is 9.15. The first-order valence-electron chi connectivity index (χ1n) is 6.72.